The molecule has 0 unspecified atom stereocenters. The number of benzene rings is 1. The van der Waals surface area contributed by atoms with Crippen LogP contribution in [0, 0.1) is 10.1 Å². The number of rotatable bonds is 5. The van der Waals surface area contributed by atoms with Crippen LogP contribution in [0.5, 0.6) is 0 Å². The topological polar surface area (TPSA) is 102 Å². The lowest BCUT2D eigenvalue weighted by Gasteiger charge is -2.18. The minimum atomic E-state index is -0.539. The Morgan fingerprint density at radius 2 is 2.22 bits per heavy atom. The van der Waals surface area contributed by atoms with Gasteiger partial charge in [-0.15, -0.1) is 0 Å². The summed E-state index contributed by atoms with van der Waals surface area (Å²) >= 11 is 0. The van der Waals surface area contributed by atoms with Crippen LogP contribution in [0.4, 0.5) is 17.1 Å². The third kappa shape index (κ3) is 3.34. The number of anilines is 2. The molecule has 0 spiro atoms. The van der Waals surface area contributed by atoms with Gasteiger partial charge in [0.05, 0.1) is 11.5 Å². The van der Waals surface area contributed by atoms with E-state index in [2.05, 4.69) is 5.32 Å². The van der Waals surface area contributed by atoms with Gasteiger partial charge >= 0.3 is 0 Å². The summed E-state index contributed by atoms with van der Waals surface area (Å²) in [5.41, 5.74) is 6.19. The standard InChI is InChI=1S/C11H16N4O3/c1-3-13-11(16)7-14(2)8-4-5-10(15(17)18)9(12)6-8/h4-6H,3,7,12H2,1-2H3,(H,13,16). The van der Waals surface area contributed by atoms with Crippen molar-refractivity contribution < 1.29 is 9.72 Å². The molecule has 3 N–H and O–H groups in total. The van der Waals surface area contributed by atoms with E-state index < -0.39 is 4.92 Å². The van der Waals surface area contributed by atoms with Crippen LogP contribution >= 0.6 is 0 Å². The molecule has 0 atom stereocenters. The maximum Gasteiger partial charge on any atom is 0.292 e. The molecule has 0 bridgehead atoms. The molecule has 0 heterocycles. The zero-order chi connectivity index (χ0) is 13.7. The van der Waals surface area contributed by atoms with Crippen LogP contribution in [-0.4, -0.2) is 31.0 Å². The van der Waals surface area contributed by atoms with Crippen LogP contribution < -0.4 is 16.0 Å². The quantitative estimate of drug-likeness (QED) is 0.457. The van der Waals surface area contributed by atoms with E-state index in [1.165, 1.54) is 12.1 Å². The number of nitro groups is 1. The van der Waals surface area contributed by atoms with Gasteiger partial charge in [0, 0.05) is 25.3 Å². The minimum absolute atomic E-state index is 0.0836. The first-order chi connectivity index (χ1) is 8.45. The Morgan fingerprint density at radius 1 is 1.56 bits per heavy atom. The molecule has 7 nitrogen and oxygen atoms in total. The molecule has 0 aliphatic rings. The molecule has 1 aromatic carbocycles. The van der Waals surface area contributed by atoms with E-state index in [-0.39, 0.29) is 23.8 Å². The molecule has 0 saturated carbocycles. The second kappa shape index (κ2) is 5.85. The van der Waals surface area contributed by atoms with Crippen LogP contribution in [0.3, 0.4) is 0 Å². The summed E-state index contributed by atoms with van der Waals surface area (Å²) in [5.74, 6) is -0.114. The van der Waals surface area contributed by atoms with E-state index in [0.29, 0.717) is 12.2 Å². The summed E-state index contributed by atoms with van der Waals surface area (Å²) in [6.45, 7) is 2.57. The van der Waals surface area contributed by atoms with Crippen molar-refractivity contribution in [3.8, 4) is 0 Å². The summed E-state index contributed by atoms with van der Waals surface area (Å²) in [6, 6.07) is 4.38. The van der Waals surface area contributed by atoms with Crippen LogP contribution in [0.2, 0.25) is 0 Å². The number of carbonyl (C=O) groups is 1. The predicted molar refractivity (Wildman–Crippen MR) is 69.5 cm³/mol. The van der Waals surface area contributed by atoms with Crippen molar-refractivity contribution in [2.75, 3.05) is 30.8 Å². The molecular formula is C11H16N4O3. The van der Waals surface area contributed by atoms with Gasteiger partial charge in [0.25, 0.3) is 5.69 Å². The van der Waals surface area contributed by atoms with Crippen molar-refractivity contribution >= 4 is 23.0 Å². The number of nitro benzene ring substituents is 1. The molecule has 1 amide bonds. The summed E-state index contributed by atoms with van der Waals surface area (Å²) in [7, 11) is 1.72. The van der Waals surface area contributed by atoms with Gasteiger partial charge in [0.15, 0.2) is 0 Å². The van der Waals surface area contributed by atoms with Gasteiger partial charge in [0.1, 0.15) is 5.69 Å². The van der Waals surface area contributed by atoms with Gasteiger partial charge in [-0.25, -0.2) is 0 Å². The van der Waals surface area contributed by atoms with Crippen molar-refractivity contribution in [1.29, 1.82) is 0 Å². The summed E-state index contributed by atoms with van der Waals surface area (Å²) in [4.78, 5) is 23.1. The van der Waals surface area contributed by atoms with Crippen LogP contribution in [-0.2, 0) is 4.79 Å². The average molecular weight is 252 g/mol. The van der Waals surface area contributed by atoms with E-state index in [1.807, 2.05) is 6.92 Å². The first-order valence-electron chi connectivity index (χ1n) is 5.47. The normalized spacial score (nSPS) is 9.89. The van der Waals surface area contributed by atoms with E-state index in [4.69, 9.17) is 5.73 Å². The predicted octanol–water partition coefficient (Wildman–Crippen LogP) is 0.749. The number of carbonyl (C=O) groups excluding carboxylic acids is 1. The fourth-order valence-corrected chi connectivity index (χ4v) is 1.51. The van der Waals surface area contributed by atoms with Gasteiger partial charge in [-0.1, -0.05) is 0 Å². The molecule has 0 fully saturated rings. The molecule has 98 valence electrons. The molecule has 18 heavy (non-hydrogen) atoms. The second-order valence-corrected chi connectivity index (χ2v) is 3.81. The maximum absolute atomic E-state index is 11.4. The number of nitrogen functional groups attached to an aromatic ring is 1. The number of hydrogen-bond acceptors (Lipinski definition) is 5. The molecule has 0 radical (unpaired) electrons. The van der Waals surface area contributed by atoms with E-state index in [1.54, 1.807) is 18.0 Å². The van der Waals surface area contributed by atoms with Gasteiger partial charge in [-0.3, -0.25) is 14.9 Å². The number of amides is 1. The monoisotopic (exact) mass is 252 g/mol. The Balaban J connectivity index is 2.81. The highest BCUT2D eigenvalue weighted by molar-refractivity contribution is 5.81. The Labute approximate surface area is 105 Å². The summed E-state index contributed by atoms with van der Waals surface area (Å²) in [5, 5.41) is 13.3. The Bertz CT molecular complexity index is 462. The van der Waals surface area contributed by atoms with Gasteiger partial charge in [0.2, 0.25) is 5.91 Å². The average Bonchev–Trinajstić information content (AvgIpc) is 2.28. The Hall–Kier alpha value is -2.31. The number of nitrogens with zero attached hydrogens (tertiary/aromatic N) is 2. The number of hydrogen-bond donors (Lipinski definition) is 2. The fraction of sp³-hybridized carbons (Fsp3) is 0.364. The first kappa shape index (κ1) is 13.8. The smallest absolute Gasteiger partial charge is 0.292 e. The van der Waals surface area contributed by atoms with Gasteiger partial charge in [-0.05, 0) is 19.1 Å². The maximum atomic E-state index is 11.4. The molecule has 0 aliphatic carbocycles. The van der Waals surface area contributed by atoms with Crippen LogP contribution in [0.1, 0.15) is 6.92 Å². The number of nitrogens with two attached hydrogens (primary N) is 1. The lowest BCUT2D eigenvalue weighted by atomic mass is 10.2. The third-order valence-corrected chi connectivity index (χ3v) is 2.40. The summed E-state index contributed by atoms with van der Waals surface area (Å²) in [6.07, 6.45) is 0. The number of nitrogens with one attached hydrogen (secondary N) is 1. The van der Waals surface area contributed by atoms with Crippen LogP contribution in [0.25, 0.3) is 0 Å². The van der Waals surface area contributed by atoms with Crippen molar-refractivity contribution in [1.82, 2.24) is 5.32 Å². The molecule has 7 heteroatoms. The highest BCUT2D eigenvalue weighted by Crippen LogP contribution is 2.26. The zero-order valence-corrected chi connectivity index (χ0v) is 10.3. The van der Waals surface area contributed by atoms with E-state index in [0.717, 1.165) is 0 Å². The molecular weight excluding hydrogens is 236 g/mol. The molecule has 0 saturated heterocycles. The zero-order valence-electron chi connectivity index (χ0n) is 10.3. The summed E-state index contributed by atoms with van der Waals surface area (Å²) < 4.78 is 0. The van der Waals surface area contributed by atoms with Crippen molar-refractivity contribution in [3.05, 3.63) is 28.3 Å². The van der Waals surface area contributed by atoms with Gasteiger partial charge in [-0.2, -0.15) is 0 Å². The SMILES string of the molecule is CCNC(=O)CN(C)c1ccc([N+](=O)[O-])c(N)c1. The highest BCUT2D eigenvalue weighted by Gasteiger charge is 2.13. The largest absolute Gasteiger partial charge is 0.393 e. The molecule has 1 aromatic rings. The molecule has 1 rings (SSSR count). The Kier molecular flexibility index (Phi) is 4.47. The molecule has 0 aromatic heterocycles. The lowest BCUT2D eigenvalue weighted by Crippen LogP contribution is -2.34. The first-order valence-corrected chi connectivity index (χ1v) is 5.47. The van der Waals surface area contributed by atoms with Crippen molar-refractivity contribution in [3.63, 3.8) is 0 Å². The van der Waals surface area contributed by atoms with E-state index >= 15 is 0 Å². The highest BCUT2D eigenvalue weighted by atomic mass is 16.6. The Morgan fingerprint density at radius 3 is 2.72 bits per heavy atom. The third-order valence-electron chi connectivity index (χ3n) is 2.40. The van der Waals surface area contributed by atoms with E-state index in [9.17, 15) is 14.9 Å². The van der Waals surface area contributed by atoms with Gasteiger partial charge < -0.3 is 16.0 Å². The number of likely N-dealkylation sites (N-methyl/N-ethyl adjacent to an activating group) is 2. The lowest BCUT2D eigenvalue weighted by molar-refractivity contribution is -0.383. The van der Waals surface area contributed by atoms with Crippen molar-refractivity contribution in [2.24, 2.45) is 0 Å². The fourth-order valence-electron chi connectivity index (χ4n) is 1.51. The van der Waals surface area contributed by atoms with Crippen LogP contribution in [0.15, 0.2) is 18.2 Å². The minimum Gasteiger partial charge on any atom is -0.393 e. The second-order valence-electron chi connectivity index (χ2n) is 3.81. The molecule has 0 aliphatic heterocycles. The van der Waals surface area contributed by atoms with Crippen molar-refractivity contribution in [2.45, 2.75) is 6.92 Å².